The molecule has 0 radical (unpaired) electrons. The van der Waals surface area contributed by atoms with Crippen LogP contribution in [0.25, 0.3) is 0 Å². The molecular formula is C16H21BrO2. The molecule has 0 amide bonds. The summed E-state index contributed by atoms with van der Waals surface area (Å²) in [5.41, 5.74) is 2.14. The molecule has 1 N–H and O–H groups in total. The van der Waals surface area contributed by atoms with Crippen molar-refractivity contribution in [1.82, 2.24) is 0 Å². The van der Waals surface area contributed by atoms with Gasteiger partial charge >= 0.3 is 5.97 Å². The molecule has 3 heteroatoms. The van der Waals surface area contributed by atoms with Crippen LogP contribution in [0.5, 0.6) is 0 Å². The van der Waals surface area contributed by atoms with Crippen molar-refractivity contribution in [1.29, 1.82) is 0 Å². The van der Waals surface area contributed by atoms with E-state index in [2.05, 4.69) is 34.1 Å². The Morgan fingerprint density at radius 2 is 2.00 bits per heavy atom. The van der Waals surface area contributed by atoms with Gasteiger partial charge in [0.25, 0.3) is 0 Å². The molecule has 0 aromatic heterocycles. The Morgan fingerprint density at radius 3 is 2.53 bits per heavy atom. The lowest BCUT2D eigenvalue weighted by atomic mass is 9.80. The Bertz CT molecular complexity index is 474. The van der Waals surface area contributed by atoms with E-state index in [4.69, 9.17) is 5.11 Å². The zero-order valence-corrected chi connectivity index (χ0v) is 13.2. The van der Waals surface area contributed by atoms with Gasteiger partial charge in [-0.2, -0.15) is 0 Å². The first-order chi connectivity index (χ1) is 8.90. The van der Waals surface area contributed by atoms with Crippen LogP contribution in [0.2, 0.25) is 0 Å². The number of carboxylic acids is 1. The molecule has 1 aromatic rings. The van der Waals surface area contributed by atoms with Gasteiger partial charge in [0, 0.05) is 9.89 Å². The zero-order valence-electron chi connectivity index (χ0n) is 11.6. The number of benzene rings is 1. The topological polar surface area (TPSA) is 37.3 Å². The molecule has 1 fully saturated rings. The fourth-order valence-electron chi connectivity index (χ4n) is 3.00. The SMILES string of the molecule is CC(C)(CC(=O)O)c1ccc(C2CCCC2)c(Br)c1. The minimum Gasteiger partial charge on any atom is -0.481 e. The number of hydrogen-bond donors (Lipinski definition) is 1. The molecule has 0 aliphatic heterocycles. The molecule has 0 spiro atoms. The van der Waals surface area contributed by atoms with E-state index >= 15 is 0 Å². The first kappa shape index (κ1) is 14.6. The van der Waals surface area contributed by atoms with Crippen molar-refractivity contribution in [2.24, 2.45) is 0 Å². The van der Waals surface area contributed by atoms with E-state index in [1.165, 1.54) is 31.2 Å². The summed E-state index contributed by atoms with van der Waals surface area (Å²) in [6.45, 7) is 3.97. The minimum absolute atomic E-state index is 0.155. The van der Waals surface area contributed by atoms with E-state index in [1.54, 1.807) is 0 Å². The molecule has 1 saturated carbocycles. The first-order valence-corrected chi connectivity index (χ1v) is 7.71. The van der Waals surface area contributed by atoms with Crippen molar-refractivity contribution in [3.8, 4) is 0 Å². The van der Waals surface area contributed by atoms with Crippen LogP contribution in [-0.2, 0) is 10.2 Å². The molecule has 1 aromatic carbocycles. The predicted octanol–water partition coefficient (Wildman–Crippen LogP) is 4.86. The molecule has 2 nitrogen and oxygen atoms in total. The van der Waals surface area contributed by atoms with Gasteiger partial charge < -0.3 is 5.11 Å². The summed E-state index contributed by atoms with van der Waals surface area (Å²) in [5, 5.41) is 9.00. The molecule has 0 heterocycles. The summed E-state index contributed by atoms with van der Waals surface area (Å²) in [6.07, 6.45) is 5.35. The summed E-state index contributed by atoms with van der Waals surface area (Å²) in [4.78, 5) is 10.9. The lowest BCUT2D eigenvalue weighted by Crippen LogP contribution is -2.21. The third-order valence-corrected chi connectivity index (χ3v) is 4.86. The van der Waals surface area contributed by atoms with Crippen molar-refractivity contribution >= 4 is 21.9 Å². The average molecular weight is 325 g/mol. The van der Waals surface area contributed by atoms with Gasteiger partial charge in [-0.15, -0.1) is 0 Å². The highest BCUT2D eigenvalue weighted by Gasteiger charge is 2.26. The monoisotopic (exact) mass is 324 g/mol. The van der Waals surface area contributed by atoms with Crippen molar-refractivity contribution in [2.45, 2.75) is 57.3 Å². The maximum atomic E-state index is 10.9. The van der Waals surface area contributed by atoms with Crippen LogP contribution in [0.15, 0.2) is 22.7 Å². The van der Waals surface area contributed by atoms with E-state index in [9.17, 15) is 4.79 Å². The first-order valence-electron chi connectivity index (χ1n) is 6.92. The number of carbonyl (C=O) groups is 1. The minimum atomic E-state index is -0.749. The largest absolute Gasteiger partial charge is 0.481 e. The van der Waals surface area contributed by atoms with Gasteiger partial charge in [0.05, 0.1) is 6.42 Å². The van der Waals surface area contributed by atoms with Gasteiger partial charge in [0.2, 0.25) is 0 Å². The number of halogens is 1. The van der Waals surface area contributed by atoms with Crippen molar-refractivity contribution in [3.05, 3.63) is 33.8 Å². The highest BCUT2D eigenvalue weighted by atomic mass is 79.9. The number of rotatable bonds is 4. The van der Waals surface area contributed by atoms with E-state index in [0.717, 1.165) is 10.0 Å². The molecule has 0 unspecified atom stereocenters. The quantitative estimate of drug-likeness (QED) is 0.858. The predicted molar refractivity (Wildman–Crippen MR) is 80.6 cm³/mol. The summed E-state index contributed by atoms with van der Waals surface area (Å²) in [6, 6.07) is 6.39. The van der Waals surface area contributed by atoms with Crippen LogP contribution in [0, 0.1) is 0 Å². The second-order valence-corrected chi connectivity index (χ2v) is 7.03. The normalized spacial score (nSPS) is 16.8. The van der Waals surface area contributed by atoms with E-state index in [-0.39, 0.29) is 11.8 Å². The third kappa shape index (κ3) is 3.38. The second-order valence-electron chi connectivity index (χ2n) is 6.17. The van der Waals surface area contributed by atoms with Crippen molar-refractivity contribution < 1.29 is 9.90 Å². The second kappa shape index (κ2) is 5.66. The summed E-state index contributed by atoms with van der Waals surface area (Å²) >= 11 is 3.67. The van der Waals surface area contributed by atoms with E-state index in [1.807, 2.05) is 13.8 Å². The fourth-order valence-corrected chi connectivity index (χ4v) is 3.70. The molecule has 104 valence electrons. The standard InChI is InChI=1S/C16H21BrO2/c1-16(2,10-15(18)19)12-7-8-13(14(17)9-12)11-5-3-4-6-11/h7-9,11H,3-6,10H2,1-2H3,(H,18,19). The summed E-state index contributed by atoms with van der Waals surface area (Å²) in [7, 11) is 0. The van der Waals surface area contributed by atoms with Gasteiger partial charge in [0.1, 0.15) is 0 Å². The van der Waals surface area contributed by atoms with Gasteiger partial charge in [0.15, 0.2) is 0 Å². The molecule has 1 aliphatic rings. The molecule has 19 heavy (non-hydrogen) atoms. The maximum Gasteiger partial charge on any atom is 0.304 e. The summed E-state index contributed by atoms with van der Waals surface area (Å²) < 4.78 is 1.13. The smallest absolute Gasteiger partial charge is 0.304 e. The van der Waals surface area contributed by atoms with Gasteiger partial charge in [-0.25, -0.2) is 0 Å². The highest BCUT2D eigenvalue weighted by molar-refractivity contribution is 9.10. The fraction of sp³-hybridized carbons (Fsp3) is 0.562. The highest BCUT2D eigenvalue weighted by Crippen LogP contribution is 2.39. The van der Waals surface area contributed by atoms with Crippen LogP contribution < -0.4 is 0 Å². The Kier molecular flexibility index (Phi) is 4.34. The molecule has 2 rings (SSSR count). The van der Waals surface area contributed by atoms with Gasteiger partial charge in [-0.1, -0.05) is 54.8 Å². The Hall–Kier alpha value is -0.830. The van der Waals surface area contributed by atoms with Crippen LogP contribution in [0.1, 0.15) is 63.0 Å². The molecule has 0 saturated heterocycles. The molecule has 0 atom stereocenters. The average Bonchev–Trinajstić information content (AvgIpc) is 2.80. The zero-order chi connectivity index (χ0) is 14.0. The Morgan fingerprint density at radius 1 is 1.37 bits per heavy atom. The van der Waals surface area contributed by atoms with Gasteiger partial charge in [-0.05, 0) is 36.0 Å². The molecule has 0 bridgehead atoms. The van der Waals surface area contributed by atoms with Crippen LogP contribution in [-0.4, -0.2) is 11.1 Å². The lowest BCUT2D eigenvalue weighted by molar-refractivity contribution is -0.138. The van der Waals surface area contributed by atoms with Crippen LogP contribution >= 0.6 is 15.9 Å². The Balaban J connectivity index is 2.25. The summed E-state index contributed by atoms with van der Waals surface area (Å²) in [5.74, 6) is -0.0768. The third-order valence-electron chi connectivity index (χ3n) is 4.17. The Labute approximate surface area is 123 Å². The lowest BCUT2D eigenvalue weighted by Gasteiger charge is -2.24. The number of aliphatic carboxylic acids is 1. The van der Waals surface area contributed by atoms with Crippen molar-refractivity contribution in [2.75, 3.05) is 0 Å². The van der Waals surface area contributed by atoms with E-state index < -0.39 is 5.97 Å². The maximum absolute atomic E-state index is 10.9. The van der Waals surface area contributed by atoms with Crippen molar-refractivity contribution in [3.63, 3.8) is 0 Å². The number of hydrogen-bond acceptors (Lipinski definition) is 1. The van der Waals surface area contributed by atoms with Crippen LogP contribution in [0.4, 0.5) is 0 Å². The molecule has 1 aliphatic carbocycles. The van der Waals surface area contributed by atoms with Gasteiger partial charge in [-0.3, -0.25) is 4.79 Å². The molecular weight excluding hydrogens is 304 g/mol. The van der Waals surface area contributed by atoms with Crippen LogP contribution in [0.3, 0.4) is 0 Å². The number of carboxylic acid groups (broad SMARTS) is 1. The van der Waals surface area contributed by atoms with E-state index in [0.29, 0.717) is 5.92 Å².